The molecule has 4 heteroatoms. The summed E-state index contributed by atoms with van der Waals surface area (Å²) in [5.74, 6) is 0. The molecular weight excluding hydrogens is 180 g/mol. The monoisotopic (exact) mass is 200 g/mol. The van der Waals surface area contributed by atoms with Gasteiger partial charge in [-0.15, -0.1) is 0 Å². The Labute approximate surface area is 85.6 Å². The molecule has 1 fully saturated rings. The molecule has 1 N–H and O–H groups in total. The average molecular weight is 200 g/mol. The lowest BCUT2D eigenvalue weighted by Crippen LogP contribution is -2.46. The van der Waals surface area contributed by atoms with Crippen molar-refractivity contribution >= 4 is 6.09 Å². The Morgan fingerprint density at radius 1 is 1.21 bits per heavy atom. The summed E-state index contributed by atoms with van der Waals surface area (Å²) in [4.78, 5) is 11.4. The van der Waals surface area contributed by atoms with Gasteiger partial charge in [0, 0.05) is 13.1 Å². The standard InChI is InChI=1S/C10H20N2O2/c1-10(2,3)14-9(13)11-12-7-5-4-6-8-12/h4-8H2,1-3H3,(H,11,13). The van der Waals surface area contributed by atoms with Gasteiger partial charge in [-0.1, -0.05) is 6.42 Å². The molecule has 0 aliphatic carbocycles. The molecule has 14 heavy (non-hydrogen) atoms. The second-order valence-electron chi connectivity index (χ2n) is 4.66. The van der Waals surface area contributed by atoms with Crippen LogP contribution in [-0.2, 0) is 4.74 Å². The van der Waals surface area contributed by atoms with Crippen LogP contribution in [0.1, 0.15) is 40.0 Å². The maximum absolute atomic E-state index is 11.4. The summed E-state index contributed by atoms with van der Waals surface area (Å²) < 4.78 is 5.15. The molecule has 0 spiro atoms. The van der Waals surface area contributed by atoms with E-state index in [0.29, 0.717) is 0 Å². The smallest absolute Gasteiger partial charge is 0.422 e. The molecule has 0 unspecified atom stereocenters. The van der Waals surface area contributed by atoms with Gasteiger partial charge in [0.2, 0.25) is 0 Å². The Kier molecular flexibility index (Phi) is 3.75. The van der Waals surface area contributed by atoms with Gasteiger partial charge in [0.1, 0.15) is 5.60 Å². The van der Waals surface area contributed by atoms with Gasteiger partial charge in [0.25, 0.3) is 0 Å². The van der Waals surface area contributed by atoms with E-state index in [2.05, 4.69) is 5.43 Å². The first kappa shape index (κ1) is 11.3. The first-order valence-electron chi connectivity index (χ1n) is 5.22. The topological polar surface area (TPSA) is 41.6 Å². The molecule has 4 nitrogen and oxygen atoms in total. The molecule has 1 aliphatic heterocycles. The van der Waals surface area contributed by atoms with E-state index in [4.69, 9.17) is 4.74 Å². The number of carbonyl (C=O) groups excluding carboxylic acids is 1. The van der Waals surface area contributed by atoms with E-state index in [1.165, 1.54) is 6.42 Å². The van der Waals surface area contributed by atoms with Crippen molar-refractivity contribution in [2.45, 2.75) is 45.6 Å². The lowest BCUT2D eigenvalue weighted by atomic mass is 10.2. The Morgan fingerprint density at radius 3 is 2.29 bits per heavy atom. The van der Waals surface area contributed by atoms with Crippen LogP contribution in [0.25, 0.3) is 0 Å². The molecule has 1 amide bonds. The van der Waals surface area contributed by atoms with Crippen molar-refractivity contribution in [2.24, 2.45) is 0 Å². The summed E-state index contributed by atoms with van der Waals surface area (Å²) in [5, 5.41) is 1.93. The minimum atomic E-state index is -0.417. The second-order valence-corrected chi connectivity index (χ2v) is 4.66. The minimum absolute atomic E-state index is 0.348. The highest BCUT2D eigenvalue weighted by atomic mass is 16.6. The van der Waals surface area contributed by atoms with Crippen LogP contribution in [0.2, 0.25) is 0 Å². The summed E-state index contributed by atoms with van der Waals surface area (Å²) in [7, 11) is 0. The number of piperidine rings is 1. The maximum atomic E-state index is 11.4. The molecule has 0 bridgehead atoms. The van der Waals surface area contributed by atoms with E-state index >= 15 is 0 Å². The van der Waals surface area contributed by atoms with Crippen LogP contribution < -0.4 is 5.43 Å². The molecule has 0 aromatic carbocycles. The fourth-order valence-electron chi connectivity index (χ4n) is 1.44. The fraction of sp³-hybridized carbons (Fsp3) is 0.900. The number of hydrogen-bond acceptors (Lipinski definition) is 3. The zero-order chi connectivity index (χ0) is 10.6. The van der Waals surface area contributed by atoms with Crippen LogP contribution in [-0.4, -0.2) is 29.8 Å². The number of amides is 1. The number of nitrogens with zero attached hydrogens (tertiary/aromatic N) is 1. The molecule has 1 saturated heterocycles. The molecule has 82 valence electrons. The van der Waals surface area contributed by atoms with Gasteiger partial charge in [-0.2, -0.15) is 0 Å². The maximum Gasteiger partial charge on any atom is 0.422 e. The summed E-state index contributed by atoms with van der Waals surface area (Å²) in [6, 6.07) is 0. The largest absolute Gasteiger partial charge is 0.443 e. The van der Waals surface area contributed by atoms with Crippen LogP contribution in [0.4, 0.5) is 4.79 Å². The highest BCUT2D eigenvalue weighted by Gasteiger charge is 2.19. The van der Waals surface area contributed by atoms with E-state index in [0.717, 1.165) is 25.9 Å². The Balaban J connectivity index is 2.25. The third kappa shape index (κ3) is 4.46. The molecule has 0 atom stereocenters. The summed E-state index contributed by atoms with van der Waals surface area (Å²) in [5.41, 5.74) is 2.33. The SMILES string of the molecule is CC(C)(C)OC(=O)NN1CCCCC1. The molecule has 0 radical (unpaired) electrons. The van der Waals surface area contributed by atoms with Crippen molar-refractivity contribution in [1.82, 2.24) is 10.4 Å². The van der Waals surface area contributed by atoms with Crippen molar-refractivity contribution in [3.05, 3.63) is 0 Å². The fourth-order valence-corrected chi connectivity index (χ4v) is 1.44. The predicted octanol–water partition coefficient (Wildman–Crippen LogP) is 1.91. The van der Waals surface area contributed by atoms with Crippen molar-refractivity contribution < 1.29 is 9.53 Å². The molecular formula is C10H20N2O2. The molecule has 1 aliphatic rings. The number of hydrazine groups is 1. The summed E-state index contributed by atoms with van der Waals surface area (Å²) in [6.07, 6.45) is 3.21. The van der Waals surface area contributed by atoms with Gasteiger partial charge in [0.05, 0.1) is 0 Å². The number of rotatable bonds is 1. The van der Waals surface area contributed by atoms with Crippen LogP contribution in [0, 0.1) is 0 Å². The number of hydrogen-bond donors (Lipinski definition) is 1. The predicted molar refractivity (Wildman–Crippen MR) is 54.8 cm³/mol. The van der Waals surface area contributed by atoms with Gasteiger partial charge in [-0.05, 0) is 33.6 Å². The summed E-state index contributed by atoms with van der Waals surface area (Å²) in [6.45, 7) is 7.45. The van der Waals surface area contributed by atoms with Crippen LogP contribution in [0.5, 0.6) is 0 Å². The van der Waals surface area contributed by atoms with E-state index in [-0.39, 0.29) is 6.09 Å². The normalized spacial score (nSPS) is 19.1. The molecule has 0 aromatic heterocycles. The number of ether oxygens (including phenoxy) is 1. The Hall–Kier alpha value is -0.770. The zero-order valence-electron chi connectivity index (χ0n) is 9.30. The molecule has 0 saturated carbocycles. The lowest BCUT2D eigenvalue weighted by Gasteiger charge is -2.28. The van der Waals surface area contributed by atoms with E-state index in [9.17, 15) is 4.79 Å². The Morgan fingerprint density at radius 2 is 1.79 bits per heavy atom. The zero-order valence-corrected chi connectivity index (χ0v) is 9.30. The van der Waals surface area contributed by atoms with Crippen molar-refractivity contribution in [1.29, 1.82) is 0 Å². The van der Waals surface area contributed by atoms with Crippen molar-refractivity contribution in [2.75, 3.05) is 13.1 Å². The number of carbonyl (C=O) groups is 1. The quantitative estimate of drug-likeness (QED) is 0.703. The van der Waals surface area contributed by atoms with Crippen LogP contribution in [0.15, 0.2) is 0 Å². The number of nitrogens with one attached hydrogen (secondary N) is 1. The van der Waals surface area contributed by atoms with Crippen LogP contribution in [0.3, 0.4) is 0 Å². The first-order valence-corrected chi connectivity index (χ1v) is 5.22. The molecule has 1 rings (SSSR count). The van der Waals surface area contributed by atoms with Gasteiger partial charge in [-0.3, -0.25) is 5.43 Å². The highest BCUT2D eigenvalue weighted by Crippen LogP contribution is 2.09. The van der Waals surface area contributed by atoms with E-state index < -0.39 is 5.60 Å². The van der Waals surface area contributed by atoms with Crippen molar-refractivity contribution in [3.8, 4) is 0 Å². The highest BCUT2D eigenvalue weighted by molar-refractivity contribution is 5.67. The van der Waals surface area contributed by atoms with Gasteiger partial charge >= 0.3 is 6.09 Å². The lowest BCUT2D eigenvalue weighted by molar-refractivity contribution is 0.0298. The Bertz CT molecular complexity index is 193. The third-order valence-corrected chi connectivity index (χ3v) is 2.00. The molecule has 1 heterocycles. The average Bonchev–Trinajstić information content (AvgIpc) is 2.02. The first-order chi connectivity index (χ1) is 6.47. The minimum Gasteiger partial charge on any atom is -0.443 e. The second kappa shape index (κ2) is 4.64. The van der Waals surface area contributed by atoms with E-state index in [1.54, 1.807) is 0 Å². The molecule has 0 aromatic rings. The third-order valence-electron chi connectivity index (χ3n) is 2.00. The van der Waals surface area contributed by atoms with Gasteiger partial charge in [0.15, 0.2) is 0 Å². The van der Waals surface area contributed by atoms with Gasteiger partial charge < -0.3 is 4.74 Å². The van der Waals surface area contributed by atoms with Gasteiger partial charge in [-0.25, -0.2) is 9.80 Å². The van der Waals surface area contributed by atoms with E-state index in [1.807, 2.05) is 25.8 Å². The summed E-state index contributed by atoms with van der Waals surface area (Å²) >= 11 is 0. The van der Waals surface area contributed by atoms with Crippen LogP contribution >= 0.6 is 0 Å². The van der Waals surface area contributed by atoms with Crippen molar-refractivity contribution in [3.63, 3.8) is 0 Å².